The third kappa shape index (κ3) is 9.34. The van der Waals surface area contributed by atoms with E-state index in [2.05, 4.69) is 10.6 Å². The normalized spacial score (nSPS) is 18.2. The molecule has 0 aromatic heterocycles. The van der Waals surface area contributed by atoms with Gasteiger partial charge in [-0.25, -0.2) is 9.18 Å². The van der Waals surface area contributed by atoms with Crippen molar-refractivity contribution < 1.29 is 41.8 Å². The van der Waals surface area contributed by atoms with Gasteiger partial charge < -0.3 is 30.3 Å². The Morgan fingerprint density at radius 2 is 1.80 bits per heavy atom. The highest BCUT2D eigenvalue weighted by atomic mass is 19.4. The highest BCUT2D eigenvalue weighted by molar-refractivity contribution is 5.91. The summed E-state index contributed by atoms with van der Waals surface area (Å²) in [5.41, 5.74) is 0.986. The molecule has 1 aliphatic rings. The average Bonchev–Trinajstić information content (AvgIpc) is 2.95. The molecule has 13 heteroatoms. The van der Waals surface area contributed by atoms with Crippen LogP contribution in [0.15, 0.2) is 42.5 Å². The summed E-state index contributed by atoms with van der Waals surface area (Å²) in [5, 5.41) is 14.9. The Morgan fingerprint density at radius 3 is 2.44 bits per heavy atom. The number of carbonyl (C=O) groups is 3. The first-order valence-electron chi connectivity index (χ1n) is 13.1. The number of aliphatic hydroxyl groups excluding tert-OH is 1. The van der Waals surface area contributed by atoms with Gasteiger partial charge in [0.25, 0.3) is 0 Å². The first-order valence-corrected chi connectivity index (χ1v) is 13.1. The molecule has 9 nitrogen and oxygen atoms in total. The highest BCUT2D eigenvalue weighted by Gasteiger charge is 2.32. The van der Waals surface area contributed by atoms with E-state index < -0.39 is 48.9 Å². The van der Waals surface area contributed by atoms with Crippen LogP contribution in [0, 0.1) is 11.7 Å². The lowest BCUT2D eigenvalue weighted by molar-refractivity contribution is -0.142. The Labute approximate surface area is 235 Å². The fraction of sp³-hybridized carbons (Fsp3) is 0.464. The first kappa shape index (κ1) is 31.7. The minimum atomic E-state index is -4.47. The number of nitrogens with zero attached hydrogens (tertiary/aromatic N) is 2. The Hall–Kier alpha value is -3.87. The summed E-state index contributed by atoms with van der Waals surface area (Å²) >= 11 is 0. The van der Waals surface area contributed by atoms with Crippen LogP contribution in [0.2, 0.25) is 0 Å². The summed E-state index contributed by atoms with van der Waals surface area (Å²) in [4.78, 5) is 41.1. The zero-order valence-electron chi connectivity index (χ0n) is 23.0. The molecule has 3 N–H and O–H groups in total. The maximum absolute atomic E-state index is 13.3. The lowest BCUT2D eigenvalue weighted by atomic mass is 10.0. The third-order valence-corrected chi connectivity index (χ3v) is 6.73. The van der Waals surface area contributed by atoms with E-state index >= 15 is 0 Å². The number of halogens is 4. The van der Waals surface area contributed by atoms with Crippen molar-refractivity contribution in [2.24, 2.45) is 5.92 Å². The Kier molecular flexibility index (Phi) is 10.5. The molecular formula is C28H34F4N4O5. The van der Waals surface area contributed by atoms with Gasteiger partial charge in [-0.1, -0.05) is 6.92 Å². The number of carbonyl (C=O) groups excluding carboxylic acids is 3. The molecule has 0 unspecified atom stereocenters. The molecule has 1 aliphatic heterocycles. The number of hydrogen-bond acceptors (Lipinski definition) is 5. The summed E-state index contributed by atoms with van der Waals surface area (Å²) < 4.78 is 57.1. The summed E-state index contributed by atoms with van der Waals surface area (Å²) in [6.45, 7) is 3.57. The number of urea groups is 1. The topological polar surface area (TPSA) is 111 Å². The molecule has 0 saturated heterocycles. The van der Waals surface area contributed by atoms with Crippen LogP contribution in [-0.2, 0) is 16.0 Å². The maximum Gasteiger partial charge on any atom is 0.389 e. The van der Waals surface area contributed by atoms with Gasteiger partial charge in [0.15, 0.2) is 0 Å². The molecule has 0 bridgehead atoms. The molecule has 3 rings (SSSR count). The number of benzene rings is 2. The van der Waals surface area contributed by atoms with Crippen LogP contribution in [0.3, 0.4) is 0 Å². The second-order valence-electron chi connectivity index (χ2n) is 10.2. The largest absolute Gasteiger partial charge is 0.488 e. The average molecular weight is 583 g/mol. The predicted octanol–water partition coefficient (Wildman–Crippen LogP) is 4.42. The second kappa shape index (κ2) is 13.7. The Morgan fingerprint density at radius 1 is 1.15 bits per heavy atom. The fourth-order valence-electron chi connectivity index (χ4n) is 4.31. The number of aliphatic hydroxyl groups is 1. The lowest BCUT2D eigenvalue weighted by Gasteiger charge is -2.34. The molecule has 2 aromatic rings. The van der Waals surface area contributed by atoms with Crippen molar-refractivity contribution in [2.75, 3.05) is 37.4 Å². The summed E-state index contributed by atoms with van der Waals surface area (Å²) in [7, 11) is 1.56. The van der Waals surface area contributed by atoms with Crippen molar-refractivity contribution in [2.45, 2.75) is 51.4 Å². The van der Waals surface area contributed by atoms with E-state index in [1.807, 2.05) is 6.92 Å². The lowest BCUT2D eigenvalue weighted by Crippen LogP contribution is -2.48. The Balaban J connectivity index is 1.84. The summed E-state index contributed by atoms with van der Waals surface area (Å²) in [5.74, 6) is -1.57. The fourth-order valence-corrected chi connectivity index (χ4v) is 4.31. The first-order chi connectivity index (χ1) is 19.3. The standard InChI is InChI=1S/C28H34F4N4O5/c1-17-14-36(18(2)16-37)26(39)13-19-12-22(33-25(38)10-11-28(30,31)32)8-9-23(19)41-24(17)15-35(3)27(40)34-21-6-4-20(29)5-7-21/h4-9,12,17-18,24,37H,10-11,13-16H2,1-3H3,(H,33,38)(H,34,40)/t17-,18+,24+/m1/s1. The minimum Gasteiger partial charge on any atom is -0.488 e. The van der Waals surface area contributed by atoms with Crippen LogP contribution in [-0.4, -0.2) is 77.8 Å². The number of rotatable bonds is 8. The number of ether oxygens (including phenoxy) is 1. The van der Waals surface area contributed by atoms with Crippen molar-refractivity contribution in [3.8, 4) is 5.75 Å². The van der Waals surface area contributed by atoms with Crippen molar-refractivity contribution in [1.29, 1.82) is 0 Å². The molecule has 2 aromatic carbocycles. The van der Waals surface area contributed by atoms with Gasteiger partial charge in [0.2, 0.25) is 11.8 Å². The van der Waals surface area contributed by atoms with Gasteiger partial charge in [-0.15, -0.1) is 0 Å². The van der Waals surface area contributed by atoms with E-state index in [9.17, 15) is 37.1 Å². The quantitative estimate of drug-likeness (QED) is 0.399. The van der Waals surface area contributed by atoms with E-state index in [1.54, 1.807) is 14.0 Å². The van der Waals surface area contributed by atoms with Crippen LogP contribution < -0.4 is 15.4 Å². The molecule has 41 heavy (non-hydrogen) atoms. The molecule has 1 heterocycles. The number of nitrogens with one attached hydrogen (secondary N) is 2. The molecule has 0 saturated carbocycles. The molecule has 224 valence electrons. The highest BCUT2D eigenvalue weighted by Crippen LogP contribution is 2.30. The van der Waals surface area contributed by atoms with E-state index in [-0.39, 0.29) is 43.6 Å². The number of likely N-dealkylation sites (N-methyl/N-ethyl adjacent to an activating group) is 1. The van der Waals surface area contributed by atoms with Gasteiger partial charge in [-0.3, -0.25) is 9.59 Å². The monoisotopic (exact) mass is 582 g/mol. The molecule has 0 radical (unpaired) electrons. The van der Waals surface area contributed by atoms with Crippen molar-refractivity contribution in [1.82, 2.24) is 9.80 Å². The van der Waals surface area contributed by atoms with Gasteiger partial charge >= 0.3 is 12.2 Å². The van der Waals surface area contributed by atoms with E-state index in [1.165, 1.54) is 52.3 Å². The number of fused-ring (bicyclic) bond motifs is 1. The zero-order chi connectivity index (χ0) is 30.3. The smallest absolute Gasteiger partial charge is 0.389 e. The van der Waals surface area contributed by atoms with Crippen LogP contribution >= 0.6 is 0 Å². The maximum atomic E-state index is 13.3. The van der Waals surface area contributed by atoms with Gasteiger partial charge in [-0.05, 0) is 49.4 Å². The molecule has 0 spiro atoms. The van der Waals surface area contributed by atoms with Gasteiger partial charge in [0, 0.05) is 42.9 Å². The van der Waals surface area contributed by atoms with Crippen molar-refractivity contribution in [3.05, 3.63) is 53.8 Å². The van der Waals surface area contributed by atoms with Crippen LogP contribution in [0.5, 0.6) is 5.75 Å². The van der Waals surface area contributed by atoms with Crippen molar-refractivity contribution in [3.63, 3.8) is 0 Å². The van der Waals surface area contributed by atoms with Crippen molar-refractivity contribution >= 4 is 29.2 Å². The summed E-state index contributed by atoms with van der Waals surface area (Å²) in [6, 6.07) is 8.76. The number of alkyl halides is 3. The molecule has 3 atom stereocenters. The zero-order valence-corrected chi connectivity index (χ0v) is 23.0. The third-order valence-electron chi connectivity index (χ3n) is 6.73. The van der Waals surface area contributed by atoms with Gasteiger partial charge in [0.05, 0.1) is 32.0 Å². The summed E-state index contributed by atoms with van der Waals surface area (Å²) in [6.07, 6.45) is -7.25. The minimum absolute atomic E-state index is 0.0963. The predicted molar refractivity (Wildman–Crippen MR) is 144 cm³/mol. The van der Waals surface area contributed by atoms with Gasteiger partial charge in [-0.2, -0.15) is 13.2 Å². The van der Waals surface area contributed by atoms with E-state index in [0.717, 1.165) is 0 Å². The SMILES string of the molecule is C[C@@H]1CN([C@@H](C)CO)C(=O)Cc2cc(NC(=O)CCC(F)(F)F)ccc2O[C@H]1CN(C)C(=O)Nc1ccc(F)cc1. The van der Waals surface area contributed by atoms with Crippen LogP contribution in [0.4, 0.5) is 33.7 Å². The molecule has 4 amide bonds. The van der Waals surface area contributed by atoms with Crippen LogP contribution in [0.1, 0.15) is 32.3 Å². The number of hydrogen-bond donors (Lipinski definition) is 3. The molecule has 0 aliphatic carbocycles. The molecular weight excluding hydrogens is 548 g/mol. The van der Waals surface area contributed by atoms with E-state index in [0.29, 0.717) is 17.0 Å². The molecule has 0 fully saturated rings. The Bertz CT molecular complexity index is 1220. The number of anilines is 2. The van der Waals surface area contributed by atoms with E-state index in [4.69, 9.17) is 4.74 Å². The van der Waals surface area contributed by atoms with Gasteiger partial charge in [0.1, 0.15) is 17.7 Å². The number of amides is 4. The van der Waals surface area contributed by atoms with Crippen LogP contribution in [0.25, 0.3) is 0 Å². The second-order valence-corrected chi connectivity index (χ2v) is 10.2.